The smallest absolute Gasteiger partial charge is 0.248 e. The maximum atomic E-state index is 11.4. The second kappa shape index (κ2) is 7.82. The number of ether oxygens (including phenoxy) is 1. The normalized spacial score (nSPS) is 10.6. The molecule has 0 aliphatic carbocycles. The maximum absolute atomic E-state index is 11.4. The van der Waals surface area contributed by atoms with Crippen molar-refractivity contribution in [3.63, 3.8) is 0 Å². The summed E-state index contributed by atoms with van der Waals surface area (Å²) in [4.78, 5) is 26.7. The summed E-state index contributed by atoms with van der Waals surface area (Å²) in [6.07, 6.45) is 3.29. The summed E-state index contributed by atoms with van der Waals surface area (Å²) in [6.45, 7) is 1.03. The number of anilines is 2. The molecule has 3 heterocycles. The number of thiazole rings is 1. The Labute approximate surface area is 149 Å². The number of aromatic nitrogens is 3. The zero-order valence-corrected chi connectivity index (χ0v) is 14.4. The molecule has 3 aromatic rings. The van der Waals surface area contributed by atoms with Crippen molar-refractivity contribution in [1.29, 1.82) is 0 Å². The highest BCUT2D eigenvalue weighted by molar-refractivity contribution is 7.14. The van der Waals surface area contributed by atoms with E-state index in [1.54, 1.807) is 31.6 Å². The molecule has 0 spiro atoms. The van der Waals surface area contributed by atoms with Crippen LogP contribution in [-0.2, 0) is 4.74 Å². The Hall–Kier alpha value is -2.84. The minimum atomic E-state index is -0.497. The van der Waals surface area contributed by atoms with Gasteiger partial charge in [-0.1, -0.05) is 6.07 Å². The van der Waals surface area contributed by atoms with Crippen LogP contribution in [0.3, 0.4) is 0 Å². The molecule has 0 atom stereocenters. The molecule has 2 N–H and O–H groups in total. The lowest BCUT2D eigenvalue weighted by Gasteiger charge is -2.20. The molecule has 0 saturated carbocycles. The van der Waals surface area contributed by atoms with Crippen molar-refractivity contribution < 1.29 is 9.53 Å². The predicted octanol–water partition coefficient (Wildman–Crippen LogP) is 2.48. The zero-order valence-electron chi connectivity index (χ0n) is 13.6. The number of nitrogens with zero attached hydrogens (tertiary/aromatic N) is 4. The van der Waals surface area contributed by atoms with Crippen molar-refractivity contribution in [2.75, 3.05) is 25.2 Å². The van der Waals surface area contributed by atoms with Gasteiger partial charge in [0, 0.05) is 30.4 Å². The molecule has 0 aromatic carbocycles. The molecule has 128 valence electrons. The molecule has 0 aliphatic rings. The molecule has 3 aromatic heterocycles. The molecule has 1 amide bonds. The number of carbonyl (C=O) groups excluding carboxylic acids is 1. The summed E-state index contributed by atoms with van der Waals surface area (Å²) >= 11 is 1.48. The molecule has 0 saturated heterocycles. The third-order valence-corrected chi connectivity index (χ3v) is 4.34. The third-order valence-electron chi connectivity index (χ3n) is 3.48. The van der Waals surface area contributed by atoms with Gasteiger partial charge in [0.05, 0.1) is 18.8 Å². The number of methoxy groups -OCH3 is 1. The quantitative estimate of drug-likeness (QED) is 0.700. The molecule has 25 heavy (non-hydrogen) atoms. The fraction of sp³-hybridized carbons (Fsp3) is 0.176. The van der Waals surface area contributed by atoms with Crippen LogP contribution in [-0.4, -0.2) is 41.1 Å². The maximum Gasteiger partial charge on any atom is 0.248 e. The largest absolute Gasteiger partial charge is 0.383 e. The molecule has 0 aliphatic heterocycles. The van der Waals surface area contributed by atoms with E-state index in [0.29, 0.717) is 24.5 Å². The van der Waals surface area contributed by atoms with Gasteiger partial charge in [0.15, 0.2) is 5.13 Å². The number of hydrogen-bond acceptors (Lipinski definition) is 7. The summed E-state index contributed by atoms with van der Waals surface area (Å²) in [5.74, 6) is 0.0962. The summed E-state index contributed by atoms with van der Waals surface area (Å²) in [6, 6.07) is 8.93. The SMILES string of the molecule is COCCN(c1cc(C(N)=O)ccn1)c1nc(-c2ccccn2)cs1. The number of primary amides is 1. The second-order valence-electron chi connectivity index (χ2n) is 5.14. The van der Waals surface area contributed by atoms with Gasteiger partial charge in [0.1, 0.15) is 11.5 Å². The van der Waals surface area contributed by atoms with Crippen LogP contribution in [0.2, 0.25) is 0 Å². The number of rotatable bonds is 7. The number of hydrogen-bond donors (Lipinski definition) is 1. The van der Waals surface area contributed by atoms with Crippen LogP contribution in [0.15, 0.2) is 48.1 Å². The Balaban J connectivity index is 1.95. The van der Waals surface area contributed by atoms with Crippen LogP contribution >= 0.6 is 11.3 Å². The van der Waals surface area contributed by atoms with Gasteiger partial charge in [-0.05, 0) is 24.3 Å². The molecule has 8 heteroatoms. The van der Waals surface area contributed by atoms with E-state index in [1.165, 1.54) is 11.3 Å². The fourth-order valence-corrected chi connectivity index (χ4v) is 3.08. The average Bonchev–Trinajstić information content (AvgIpc) is 3.13. The Bertz CT molecular complexity index is 853. The minimum Gasteiger partial charge on any atom is -0.383 e. The summed E-state index contributed by atoms with van der Waals surface area (Å²) in [5, 5.41) is 2.68. The van der Waals surface area contributed by atoms with Crippen molar-refractivity contribution in [3.8, 4) is 11.4 Å². The van der Waals surface area contributed by atoms with Crippen molar-refractivity contribution in [1.82, 2.24) is 15.0 Å². The van der Waals surface area contributed by atoms with Gasteiger partial charge in [0.25, 0.3) is 0 Å². The highest BCUT2D eigenvalue weighted by atomic mass is 32.1. The third kappa shape index (κ3) is 3.98. The Morgan fingerprint density at radius 1 is 1.24 bits per heavy atom. The van der Waals surface area contributed by atoms with Crippen molar-refractivity contribution in [2.45, 2.75) is 0 Å². The summed E-state index contributed by atoms with van der Waals surface area (Å²) in [7, 11) is 1.63. The molecule has 0 radical (unpaired) electrons. The summed E-state index contributed by atoms with van der Waals surface area (Å²) in [5.41, 5.74) is 7.36. The minimum absolute atomic E-state index is 0.397. The standard InChI is InChI=1S/C17H17N5O2S/c1-24-9-8-22(15-10-12(16(18)23)5-7-20-15)17-21-14(11-25-17)13-4-2-3-6-19-13/h2-7,10-11H,8-9H2,1H3,(H2,18,23). The van der Waals surface area contributed by atoms with Crippen molar-refractivity contribution in [3.05, 3.63) is 53.7 Å². The van der Waals surface area contributed by atoms with E-state index in [-0.39, 0.29) is 0 Å². The van der Waals surface area contributed by atoms with Crippen LogP contribution in [0.5, 0.6) is 0 Å². The number of pyridine rings is 2. The van der Waals surface area contributed by atoms with E-state index in [4.69, 9.17) is 10.5 Å². The predicted molar refractivity (Wildman–Crippen MR) is 97.0 cm³/mol. The van der Waals surface area contributed by atoms with Crippen molar-refractivity contribution in [2.24, 2.45) is 5.73 Å². The number of amides is 1. The second-order valence-corrected chi connectivity index (χ2v) is 5.98. The topological polar surface area (TPSA) is 94.2 Å². The highest BCUT2D eigenvalue weighted by Crippen LogP contribution is 2.30. The average molecular weight is 355 g/mol. The van der Waals surface area contributed by atoms with Crippen molar-refractivity contribution >= 4 is 28.2 Å². The molecular formula is C17H17N5O2S. The molecule has 7 nitrogen and oxygen atoms in total. The van der Waals surface area contributed by atoms with Gasteiger partial charge in [-0.25, -0.2) is 9.97 Å². The van der Waals surface area contributed by atoms with Crippen LogP contribution in [0.25, 0.3) is 11.4 Å². The van der Waals surface area contributed by atoms with Gasteiger partial charge in [-0.3, -0.25) is 14.7 Å². The van der Waals surface area contributed by atoms with Crippen LogP contribution < -0.4 is 10.6 Å². The fourth-order valence-electron chi connectivity index (χ4n) is 2.23. The van der Waals surface area contributed by atoms with E-state index in [9.17, 15) is 4.79 Å². The monoisotopic (exact) mass is 355 g/mol. The lowest BCUT2D eigenvalue weighted by Crippen LogP contribution is -2.23. The Morgan fingerprint density at radius 3 is 2.84 bits per heavy atom. The lowest BCUT2D eigenvalue weighted by molar-refractivity contribution is 0.1000. The van der Waals surface area contributed by atoms with Gasteiger partial charge < -0.3 is 10.5 Å². The van der Waals surface area contributed by atoms with E-state index >= 15 is 0 Å². The van der Waals surface area contributed by atoms with E-state index in [2.05, 4.69) is 15.0 Å². The van der Waals surface area contributed by atoms with Gasteiger partial charge in [-0.2, -0.15) is 0 Å². The lowest BCUT2D eigenvalue weighted by atomic mass is 10.2. The van der Waals surface area contributed by atoms with E-state index in [1.807, 2.05) is 28.5 Å². The molecule has 0 fully saturated rings. The van der Waals surface area contributed by atoms with E-state index < -0.39 is 5.91 Å². The Morgan fingerprint density at radius 2 is 2.12 bits per heavy atom. The number of carbonyl (C=O) groups is 1. The first-order chi connectivity index (χ1) is 12.2. The highest BCUT2D eigenvalue weighted by Gasteiger charge is 2.17. The summed E-state index contributed by atoms with van der Waals surface area (Å²) < 4.78 is 5.19. The van der Waals surface area contributed by atoms with Crippen LogP contribution in [0.4, 0.5) is 10.9 Å². The van der Waals surface area contributed by atoms with Gasteiger partial charge in [-0.15, -0.1) is 11.3 Å². The molecular weight excluding hydrogens is 338 g/mol. The van der Waals surface area contributed by atoms with Gasteiger partial charge in [0.2, 0.25) is 5.91 Å². The molecule has 0 bridgehead atoms. The zero-order chi connectivity index (χ0) is 17.6. The van der Waals surface area contributed by atoms with Crippen LogP contribution in [0.1, 0.15) is 10.4 Å². The number of nitrogens with two attached hydrogens (primary N) is 1. The molecule has 0 unspecified atom stereocenters. The first-order valence-corrected chi connectivity index (χ1v) is 8.46. The van der Waals surface area contributed by atoms with Gasteiger partial charge >= 0.3 is 0 Å². The van der Waals surface area contributed by atoms with E-state index in [0.717, 1.165) is 16.5 Å². The first-order valence-electron chi connectivity index (χ1n) is 7.58. The molecule has 3 rings (SSSR count). The first kappa shape index (κ1) is 17.0. The Kier molecular flexibility index (Phi) is 5.32. The van der Waals surface area contributed by atoms with Crippen LogP contribution in [0, 0.1) is 0 Å².